The van der Waals surface area contributed by atoms with Crippen LogP contribution in [-0.4, -0.2) is 45.4 Å². The van der Waals surface area contributed by atoms with Crippen LogP contribution in [0, 0.1) is 0 Å². The lowest BCUT2D eigenvalue weighted by atomic mass is 10.1. The molecule has 3 N–H and O–H groups in total. The summed E-state index contributed by atoms with van der Waals surface area (Å²) in [5.41, 5.74) is 0.882. The van der Waals surface area contributed by atoms with Crippen LogP contribution in [0.25, 0.3) is 0 Å². The summed E-state index contributed by atoms with van der Waals surface area (Å²) >= 11 is 0.997. The highest BCUT2D eigenvalue weighted by Crippen LogP contribution is 2.33. The minimum absolute atomic E-state index is 0.592. The third-order valence-electron chi connectivity index (χ3n) is 4.00. The van der Waals surface area contributed by atoms with Crippen LogP contribution in [0.5, 0.6) is 0 Å². The van der Waals surface area contributed by atoms with E-state index >= 15 is 0 Å². The largest absolute Gasteiger partial charge is 0.756 e. The molecule has 0 bridgehead atoms. The number of hydrogen-bond donors (Lipinski definition) is 4. The van der Waals surface area contributed by atoms with E-state index in [1.807, 2.05) is 41.8 Å². The van der Waals surface area contributed by atoms with E-state index in [1.54, 1.807) is 23.0 Å². The predicted molar refractivity (Wildman–Crippen MR) is 97.2 cm³/mol. The summed E-state index contributed by atoms with van der Waals surface area (Å²) in [5.74, 6) is 0. The van der Waals surface area contributed by atoms with Gasteiger partial charge in [0.05, 0.1) is 6.61 Å². The van der Waals surface area contributed by atoms with Crippen molar-refractivity contribution >= 4 is 24.5 Å². The van der Waals surface area contributed by atoms with Crippen LogP contribution in [-0.2, 0) is 13.8 Å². The van der Waals surface area contributed by atoms with Gasteiger partial charge in [-0.15, -0.1) is 0 Å². The van der Waals surface area contributed by atoms with Gasteiger partial charge in [0.15, 0.2) is 18.5 Å². The van der Waals surface area contributed by atoms with Crippen LogP contribution in [0.1, 0.15) is 11.8 Å². The normalized spacial score (nSPS) is 28.0. The molecule has 0 aliphatic carbocycles. The smallest absolute Gasteiger partial charge is 0.292 e. The second-order valence-electron chi connectivity index (χ2n) is 5.99. The average molecular weight is 413 g/mol. The molecule has 1 unspecified atom stereocenters. The van der Waals surface area contributed by atoms with E-state index in [1.165, 1.54) is 0 Å². The molecular weight excluding hydrogens is 393 g/mol. The number of hydrogen-bond acceptors (Lipinski definition) is 6. The molecule has 5 atom stereocenters. The number of aromatic nitrogens is 1. The van der Waals surface area contributed by atoms with Crippen molar-refractivity contribution in [3.8, 4) is 0 Å². The molecule has 1 saturated heterocycles. The second kappa shape index (κ2) is 8.72. The fourth-order valence-corrected chi connectivity index (χ4v) is 3.82. The van der Waals surface area contributed by atoms with Crippen molar-refractivity contribution in [2.24, 2.45) is 0 Å². The molecule has 0 spiro atoms. The summed E-state index contributed by atoms with van der Waals surface area (Å²) in [4.78, 5) is 20.5. The van der Waals surface area contributed by atoms with Crippen molar-refractivity contribution in [1.82, 2.24) is 0 Å². The molecule has 3 rings (SSSR count). The van der Waals surface area contributed by atoms with Gasteiger partial charge in [-0.3, -0.25) is 4.57 Å². The summed E-state index contributed by atoms with van der Waals surface area (Å²) in [6.45, 7) is -0.592. The van der Waals surface area contributed by atoms with Gasteiger partial charge in [0.1, 0.15) is 12.2 Å². The summed E-state index contributed by atoms with van der Waals surface area (Å²) < 4.78 is 22.1. The molecule has 1 aromatic heterocycles. The summed E-state index contributed by atoms with van der Waals surface area (Å²) in [7, 11) is -4.94. The first-order valence-corrected chi connectivity index (χ1v) is 10.6. The maximum Gasteiger partial charge on any atom is 0.292 e. The molecule has 27 heavy (non-hydrogen) atoms. The van der Waals surface area contributed by atoms with E-state index in [4.69, 9.17) is 9.63 Å². The SMILES string of the molecule is O=P([O-])(O)OC[C@@H]1O[C@@H]([n+]2cccc(C=[SH]c3ccccc3)c2)[C@H](O)[C@@H]1O. The fourth-order valence-electron chi connectivity index (χ4n) is 2.69. The van der Waals surface area contributed by atoms with E-state index in [9.17, 15) is 19.7 Å². The van der Waals surface area contributed by atoms with Gasteiger partial charge in [-0.05, 0) is 28.5 Å². The first-order valence-electron chi connectivity index (χ1n) is 8.13. The molecule has 1 aliphatic rings. The highest BCUT2D eigenvalue weighted by atomic mass is 32.1. The predicted octanol–water partition coefficient (Wildman–Crippen LogP) is -0.255. The Morgan fingerprint density at radius 3 is 2.67 bits per heavy atom. The van der Waals surface area contributed by atoms with E-state index < -0.39 is 39.0 Å². The summed E-state index contributed by atoms with van der Waals surface area (Å²) in [6.07, 6.45) is -1.23. The van der Waals surface area contributed by atoms with E-state index in [2.05, 4.69) is 4.52 Å². The van der Waals surface area contributed by atoms with Gasteiger partial charge in [-0.1, -0.05) is 18.2 Å². The minimum atomic E-state index is -4.94. The zero-order valence-corrected chi connectivity index (χ0v) is 15.9. The lowest BCUT2D eigenvalue weighted by molar-refractivity contribution is -0.765. The highest BCUT2D eigenvalue weighted by Gasteiger charge is 2.48. The topological polar surface area (TPSA) is 123 Å². The van der Waals surface area contributed by atoms with E-state index in [0.717, 1.165) is 21.8 Å². The molecule has 146 valence electrons. The number of aliphatic hydroxyl groups is 2. The van der Waals surface area contributed by atoms with Crippen LogP contribution in [0.3, 0.4) is 0 Å². The Labute approximate surface area is 159 Å². The number of aliphatic hydroxyl groups excluding tert-OH is 2. The molecule has 8 nitrogen and oxygen atoms in total. The lowest BCUT2D eigenvalue weighted by Gasteiger charge is -2.19. The second-order valence-corrected chi connectivity index (χ2v) is 8.22. The molecule has 0 radical (unpaired) electrons. The molecule has 1 aromatic carbocycles. The van der Waals surface area contributed by atoms with Crippen molar-refractivity contribution in [2.75, 3.05) is 6.61 Å². The van der Waals surface area contributed by atoms with Crippen molar-refractivity contribution in [2.45, 2.75) is 29.4 Å². The number of ether oxygens (including phenoxy) is 1. The zero-order chi connectivity index (χ0) is 19.4. The highest BCUT2D eigenvalue weighted by molar-refractivity contribution is 7.97. The van der Waals surface area contributed by atoms with Gasteiger partial charge >= 0.3 is 0 Å². The van der Waals surface area contributed by atoms with Gasteiger partial charge in [0, 0.05) is 11.6 Å². The molecular formula is C17H20NO7PS. The van der Waals surface area contributed by atoms with Crippen LogP contribution in [0.4, 0.5) is 0 Å². The number of benzene rings is 1. The Morgan fingerprint density at radius 1 is 1.22 bits per heavy atom. The number of phosphoric acid groups is 1. The number of rotatable bonds is 6. The van der Waals surface area contributed by atoms with Gasteiger partial charge in [-0.2, -0.15) is 15.9 Å². The summed E-state index contributed by atoms with van der Waals surface area (Å²) in [5, 5.41) is 22.3. The van der Waals surface area contributed by atoms with Crippen molar-refractivity contribution in [3.05, 3.63) is 60.4 Å². The molecule has 1 aliphatic heterocycles. The first-order chi connectivity index (χ1) is 12.8. The Morgan fingerprint density at radius 2 is 1.96 bits per heavy atom. The average Bonchev–Trinajstić information content (AvgIpc) is 2.94. The van der Waals surface area contributed by atoms with Gasteiger partial charge in [-0.25, -0.2) is 0 Å². The molecule has 2 aromatic rings. The fraction of sp³-hybridized carbons (Fsp3) is 0.294. The van der Waals surface area contributed by atoms with Crippen LogP contribution in [0.15, 0.2) is 59.8 Å². The maximum atomic E-state index is 10.7. The zero-order valence-electron chi connectivity index (χ0n) is 14.1. The third kappa shape index (κ3) is 5.54. The maximum absolute atomic E-state index is 10.7. The van der Waals surface area contributed by atoms with Crippen molar-refractivity contribution in [1.29, 1.82) is 0 Å². The quantitative estimate of drug-likeness (QED) is 0.223. The first kappa shape index (κ1) is 20.3. The van der Waals surface area contributed by atoms with Crippen LogP contribution in [0.2, 0.25) is 0 Å². The number of phosphoric ester groups is 1. The number of thiol groups is 1. The van der Waals surface area contributed by atoms with Crippen LogP contribution < -0.4 is 9.46 Å². The van der Waals surface area contributed by atoms with E-state index in [0.29, 0.717) is 0 Å². The van der Waals surface area contributed by atoms with Gasteiger partial charge in [0.25, 0.3) is 14.1 Å². The van der Waals surface area contributed by atoms with Crippen molar-refractivity contribution < 1.29 is 38.4 Å². The molecule has 2 heterocycles. The van der Waals surface area contributed by atoms with Crippen molar-refractivity contribution in [3.63, 3.8) is 0 Å². The number of pyridine rings is 1. The summed E-state index contributed by atoms with van der Waals surface area (Å²) in [6, 6.07) is 13.6. The Balaban J connectivity index is 1.72. The monoisotopic (exact) mass is 413 g/mol. The Hall–Kier alpha value is -1.42. The molecule has 0 amide bonds. The van der Waals surface area contributed by atoms with E-state index in [-0.39, 0.29) is 0 Å². The number of nitrogens with zero attached hydrogens (tertiary/aromatic N) is 1. The molecule has 10 heteroatoms. The molecule has 0 saturated carbocycles. The third-order valence-corrected chi connectivity index (χ3v) is 5.50. The van der Waals surface area contributed by atoms with Gasteiger partial charge < -0.3 is 29.3 Å². The standard InChI is InChI=1S/C17H20NO7PS/c19-15-14(10-24-26(21,22)23)25-17(16(15)20)18-8-4-5-12(9-18)11-27-13-6-2-1-3-7-13/h1-9,11,14-17,19-20,27H,10H2,(H-,21,22,23)/t14-,15+,16+,17+/m0/s1. The lowest BCUT2D eigenvalue weighted by Crippen LogP contribution is -2.46. The Bertz CT molecular complexity index is 844. The minimum Gasteiger partial charge on any atom is -0.756 e. The van der Waals surface area contributed by atoms with Crippen LogP contribution >= 0.6 is 19.2 Å². The Kier molecular flexibility index (Phi) is 6.56. The molecule has 1 fully saturated rings. The van der Waals surface area contributed by atoms with Gasteiger partial charge in [0.2, 0.25) is 0 Å².